The van der Waals surface area contributed by atoms with Gasteiger partial charge in [-0.3, -0.25) is 4.79 Å². The van der Waals surface area contributed by atoms with Gasteiger partial charge in [-0.2, -0.15) is 0 Å². The Morgan fingerprint density at radius 2 is 1.96 bits per heavy atom. The molecule has 0 saturated carbocycles. The molecule has 1 aliphatic heterocycles. The van der Waals surface area contributed by atoms with Crippen molar-refractivity contribution in [2.45, 2.75) is 50.9 Å². The molecule has 2 heterocycles. The van der Waals surface area contributed by atoms with Gasteiger partial charge in [-0.15, -0.1) is 11.3 Å². The standard InChI is InChI=1S/C20H26N2O2S/c1-13(2)14-5-7-15(8-6-14)19(18-4-3-11-25-18)22-20(23)17-10-9-16(12-21)24-17/h3-8,11,13,16-17,19H,9-10,12,21H2,1-2H3,(H,22,23)/t16-,17+,19?/m1/s1. The first-order chi connectivity index (χ1) is 12.1. The van der Waals surface area contributed by atoms with Crippen LogP contribution in [-0.4, -0.2) is 24.7 Å². The van der Waals surface area contributed by atoms with Crippen molar-refractivity contribution in [2.75, 3.05) is 6.54 Å². The highest BCUT2D eigenvalue weighted by molar-refractivity contribution is 7.10. The fourth-order valence-corrected chi connectivity index (χ4v) is 3.96. The molecule has 25 heavy (non-hydrogen) atoms. The molecule has 0 radical (unpaired) electrons. The van der Waals surface area contributed by atoms with Crippen molar-refractivity contribution < 1.29 is 9.53 Å². The molecule has 1 aromatic heterocycles. The van der Waals surface area contributed by atoms with Crippen LogP contribution in [0.5, 0.6) is 0 Å². The Labute approximate surface area is 153 Å². The molecule has 1 aromatic carbocycles. The number of amides is 1. The number of nitrogens with one attached hydrogen (secondary N) is 1. The minimum absolute atomic E-state index is 0.00117. The number of thiophene rings is 1. The summed E-state index contributed by atoms with van der Waals surface area (Å²) >= 11 is 1.65. The molecular weight excluding hydrogens is 332 g/mol. The fraction of sp³-hybridized carbons (Fsp3) is 0.450. The first-order valence-corrected chi connectivity index (χ1v) is 9.75. The van der Waals surface area contributed by atoms with Crippen LogP contribution in [0.25, 0.3) is 0 Å². The lowest BCUT2D eigenvalue weighted by molar-refractivity contribution is -0.132. The maximum atomic E-state index is 12.7. The van der Waals surface area contributed by atoms with Crippen LogP contribution >= 0.6 is 11.3 Å². The number of hydrogen-bond donors (Lipinski definition) is 2. The largest absolute Gasteiger partial charge is 0.364 e. The second-order valence-electron chi connectivity index (χ2n) is 6.84. The van der Waals surface area contributed by atoms with Crippen molar-refractivity contribution in [3.8, 4) is 0 Å². The Bertz CT molecular complexity index is 682. The SMILES string of the molecule is CC(C)c1ccc(C(NC(=O)[C@@H]2CC[C@H](CN)O2)c2cccs2)cc1. The van der Waals surface area contributed by atoms with Crippen molar-refractivity contribution in [2.24, 2.45) is 5.73 Å². The highest BCUT2D eigenvalue weighted by atomic mass is 32.1. The fourth-order valence-electron chi connectivity index (χ4n) is 3.15. The van der Waals surface area contributed by atoms with Gasteiger partial charge in [0.2, 0.25) is 5.91 Å². The third-order valence-corrected chi connectivity index (χ3v) is 5.65. The molecule has 134 valence electrons. The zero-order chi connectivity index (χ0) is 17.8. The quantitative estimate of drug-likeness (QED) is 0.829. The number of rotatable bonds is 6. The van der Waals surface area contributed by atoms with Gasteiger partial charge in [-0.25, -0.2) is 0 Å². The van der Waals surface area contributed by atoms with E-state index in [4.69, 9.17) is 10.5 Å². The smallest absolute Gasteiger partial charge is 0.249 e. The van der Waals surface area contributed by atoms with E-state index in [1.54, 1.807) is 11.3 Å². The van der Waals surface area contributed by atoms with Gasteiger partial charge < -0.3 is 15.8 Å². The van der Waals surface area contributed by atoms with Gasteiger partial charge in [-0.05, 0) is 41.3 Å². The minimum atomic E-state index is -0.397. The van der Waals surface area contributed by atoms with Crippen molar-refractivity contribution >= 4 is 17.2 Å². The average Bonchev–Trinajstić information content (AvgIpc) is 3.31. The molecule has 3 rings (SSSR count). The predicted octanol–water partition coefficient (Wildman–Crippen LogP) is 3.58. The van der Waals surface area contributed by atoms with Crippen molar-refractivity contribution in [3.05, 3.63) is 57.8 Å². The molecule has 5 heteroatoms. The third-order valence-electron chi connectivity index (χ3n) is 4.71. The van der Waals surface area contributed by atoms with Crippen LogP contribution in [0.4, 0.5) is 0 Å². The summed E-state index contributed by atoms with van der Waals surface area (Å²) in [6, 6.07) is 12.4. The van der Waals surface area contributed by atoms with Crippen molar-refractivity contribution in [1.29, 1.82) is 0 Å². The van der Waals surface area contributed by atoms with Crippen molar-refractivity contribution in [3.63, 3.8) is 0 Å². The second kappa shape index (κ2) is 8.13. The van der Waals surface area contributed by atoms with Crippen LogP contribution in [0.1, 0.15) is 54.7 Å². The van der Waals surface area contributed by atoms with E-state index in [1.807, 2.05) is 11.4 Å². The molecule has 3 N–H and O–H groups in total. The van der Waals surface area contributed by atoms with Gasteiger partial charge in [0.1, 0.15) is 6.10 Å². The summed E-state index contributed by atoms with van der Waals surface area (Å²) in [6.45, 7) is 4.83. The van der Waals surface area contributed by atoms with E-state index in [2.05, 4.69) is 49.5 Å². The first kappa shape index (κ1) is 18.1. The number of benzene rings is 1. The van der Waals surface area contributed by atoms with Gasteiger partial charge in [0.25, 0.3) is 0 Å². The molecule has 1 unspecified atom stereocenters. The molecule has 1 aliphatic rings. The number of nitrogens with two attached hydrogens (primary N) is 1. The second-order valence-corrected chi connectivity index (χ2v) is 7.82. The summed E-state index contributed by atoms with van der Waals surface area (Å²) < 4.78 is 5.74. The summed E-state index contributed by atoms with van der Waals surface area (Å²) in [6.07, 6.45) is 1.19. The molecule has 4 nitrogen and oxygen atoms in total. The van der Waals surface area contributed by atoms with E-state index in [-0.39, 0.29) is 18.1 Å². The molecule has 1 fully saturated rings. The van der Waals surface area contributed by atoms with E-state index < -0.39 is 6.10 Å². The predicted molar refractivity (Wildman–Crippen MR) is 102 cm³/mol. The number of ether oxygens (including phenoxy) is 1. The van der Waals surface area contributed by atoms with Gasteiger partial charge in [0.15, 0.2) is 0 Å². The number of carbonyl (C=O) groups excluding carboxylic acids is 1. The third kappa shape index (κ3) is 4.29. The lowest BCUT2D eigenvalue weighted by Crippen LogP contribution is -2.38. The summed E-state index contributed by atoms with van der Waals surface area (Å²) in [5, 5.41) is 5.21. The summed E-state index contributed by atoms with van der Waals surface area (Å²) in [5.74, 6) is 0.436. The summed E-state index contributed by atoms with van der Waals surface area (Å²) in [4.78, 5) is 13.8. The topological polar surface area (TPSA) is 64.4 Å². The molecular formula is C20H26N2O2S. The van der Waals surface area contributed by atoms with Gasteiger partial charge >= 0.3 is 0 Å². The lowest BCUT2D eigenvalue weighted by Gasteiger charge is -2.21. The molecule has 1 saturated heterocycles. The lowest BCUT2D eigenvalue weighted by atomic mass is 9.98. The molecule has 0 bridgehead atoms. The van der Waals surface area contributed by atoms with Crippen LogP contribution in [0.3, 0.4) is 0 Å². The zero-order valence-electron chi connectivity index (χ0n) is 14.8. The van der Waals surface area contributed by atoms with Crippen LogP contribution in [0.15, 0.2) is 41.8 Å². The normalized spacial score (nSPS) is 21.4. The Balaban J connectivity index is 1.78. The highest BCUT2D eigenvalue weighted by Crippen LogP contribution is 2.28. The number of carbonyl (C=O) groups is 1. The molecule has 2 aromatic rings. The molecule has 3 atom stereocenters. The van der Waals surface area contributed by atoms with Crippen molar-refractivity contribution in [1.82, 2.24) is 5.32 Å². The first-order valence-electron chi connectivity index (χ1n) is 8.87. The Hall–Kier alpha value is -1.69. The Kier molecular flexibility index (Phi) is 5.89. The maximum Gasteiger partial charge on any atom is 0.249 e. The summed E-state index contributed by atoms with van der Waals surface area (Å²) in [7, 11) is 0. The van der Waals surface area contributed by atoms with E-state index in [0.717, 1.165) is 23.3 Å². The minimum Gasteiger partial charge on any atom is -0.364 e. The highest BCUT2D eigenvalue weighted by Gasteiger charge is 2.31. The van der Waals surface area contributed by atoms with Crippen LogP contribution in [0.2, 0.25) is 0 Å². The van der Waals surface area contributed by atoms with Gasteiger partial charge in [0.05, 0.1) is 12.1 Å². The summed E-state index contributed by atoms with van der Waals surface area (Å²) in [5.41, 5.74) is 8.04. The van der Waals surface area contributed by atoms with Crippen LogP contribution < -0.4 is 11.1 Å². The average molecular weight is 359 g/mol. The van der Waals surface area contributed by atoms with Crippen LogP contribution in [-0.2, 0) is 9.53 Å². The van der Waals surface area contributed by atoms with E-state index in [1.165, 1.54) is 5.56 Å². The van der Waals surface area contributed by atoms with E-state index in [9.17, 15) is 4.79 Å². The van der Waals surface area contributed by atoms with E-state index >= 15 is 0 Å². The maximum absolute atomic E-state index is 12.7. The molecule has 0 aliphatic carbocycles. The van der Waals surface area contributed by atoms with Gasteiger partial charge in [-0.1, -0.05) is 44.2 Å². The zero-order valence-corrected chi connectivity index (χ0v) is 15.6. The van der Waals surface area contributed by atoms with E-state index in [0.29, 0.717) is 12.5 Å². The molecule has 1 amide bonds. The molecule has 0 spiro atoms. The van der Waals surface area contributed by atoms with Gasteiger partial charge in [0, 0.05) is 11.4 Å². The Morgan fingerprint density at radius 3 is 2.52 bits per heavy atom. The Morgan fingerprint density at radius 1 is 1.24 bits per heavy atom. The number of hydrogen-bond acceptors (Lipinski definition) is 4. The van der Waals surface area contributed by atoms with Crippen LogP contribution in [0, 0.1) is 0 Å². The monoisotopic (exact) mass is 358 g/mol.